The van der Waals surface area contributed by atoms with E-state index in [1.165, 1.54) is 100 Å². The highest BCUT2D eigenvalue weighted by molar-refractivity contribution is 5.90. The van der Waals surface area contributed by atoms with E-state index in [2.05, 4.69) is 195 Å². The second kappa shape index (κ2) is 18.7. The molecule has 0 atom stereocenters. The summed E-state index contributed by atoms with van der Waals surface area (Å²) in [6, 6.07) is 75.1. The van der Waals surface area contributed by atoms with E-state index in [9.17, 15) is 0 Å². The highest BCUT2D eigenvalue weighted by atomic mass is 15.2. The van der Waals surface area contributed by atoms with Crippen LogP contribution in [0.4, 0.5) is 34.6 Å². The molecule has 81 heavy (non-hydrogen) atoms. The number of hydrogen-bond acceptors (Lipinski definition) is 6. The molecule has 0 radical (unpaired) electrons. The number of fused-ring (bicyclic) bond motifs is 12. The van der Waals surface area contributed by atoms with Gasteiger partial charge in [-0.05, 0) is 186 Å². The Morgan fingerprint density at radius 3 is 0.914 bits per heavy atom. The van der Waals surface area contributed by atoms with Crippen molar-refractivity contribution in [3.8, 4) is 33.4 Å². The number of pyridine rings is 4. The van der Waals surface area contributed by atoms with Crippen molar-refractivity contribution in [3.63, 3.8) is 0 Å². The average molecular weight is 1040 g/mol. The molecule has 4 aliphatic carbocycles. The van der Waals surface area contributed by atoms with Crippen molar-refractivity contribution in [2.24, 2.45) is 0 Å². The molecule has 0 amide bonds. The quantitative estimate of drug-likeness (QED) is 0.127. The molecule has 6 nitrogen and oxygen atoms in total. The average Bonchev–Trinajstić information content (AvgIpc) is 2.54. The van der Waals surface area contributed by atoms with Gasteiger partial charge in [0, 0.05) is 52.4 Å². The smallest absolute Gasteiger partial charge is 0.138 e. The lowest BCUT2D eigenvalue weighted by molar-refractivity contribution is 0.563. The summed E-state index contributed by atoms with van der Waals surface area (Å²) in [7, 11) is 0. The van der Waals surface area contributed by atoms with Crippen molar-refractivity contribution in [1.29, 1.82) is 0 Å². The molecular formula is C75H58N6. The normalized spacial score (nSPS) is 15.0. The molecule has 0 aliphatic heterocycles. The fourth-order valence-electron chi connectivity index (χ4n) is 13.8. The van der Waals surface area contributed by atoms with Gasteiger partial charge in [-0.2, -0.15) is 0 Å². The van der Waals surface area contributed by atoms with E-state index in [4.69, 9.17) is 19.9 Å². The summed E-state index contributed by atoms with van der Waals surface area (Å²) in [5.41, 5.74) is 25.1. The maximum absolute atomic E-state index is 4.74. The molecule has 7 aromatic carbocycles. The third-order valence-electron chi connectivity index (χ3n) is 17.8. The van der Waals surface area contributed by atoms with E-state index in [1.807, 2.05) is 97.6 Å². The first-order chi connectivity index (χ1) is 39.6. The number of rotatable bonds is 10. The van der Waals surface area contributed by atoms with Crippen molar-refractivity contribution >= 4 is 59.0 Å². The minimum absolute atomic E-state index is 0.155. The first-order valence-corrected chi connectivity index (χ1v) is 28.2. The highest BCUT2D eigenvalue weighted by Gasteiger charge is 2.47. The van der Waals surface area contributed by atoms with Crippen molar-refractivity contribution in [1.82, 2.24) is 19.9 Å². The fraction of sp³-hybridized carbons (Fsp3) is 0.120. The van der Waals surface area contributed by atoms with Crippen LogP contribution in [0.5, 0.6) is 0 Å². The minimum atomic E-state index is -0.219. The summed E-state index contributed by atoms with van der Waals surface area (Å²) in [4.78, 5) is 23.2. The van der Waals surface area contributed by atoms with Gasteiger partial charge in [-0.25, -0.2) is 19.9 Å². The standard InChI is InChI=1S/C75H58N6/c1-73(2)63-41-49(25-31-57(63)59-35-29-55(45-65(59)73)80(69-17-7-11-37-76-69)70-18-8-12-38-77-70)21-23-51-27-33-61-62-34-28-52(44-68(62)75(67(61)43-51)47-53-15-5-6-16-54(53)48-75)24-22-50-26-32-58-60-36-30-56(46-66(60)74(3,4)64(58)42-50)81(71-19-9-13-39-78-71)72-20-10-14-40-79-72/h5-46H,47-48H2,1-4H3/b23-21+,24-22+. The summed E-state index contributed by atoms with van der Waals surface area (Å²) >= 11 is 0. The molecule has 0 unspecified atom stereocenters. The topological polar surface area (TPSA) is 58.0 Å². The van der Waals surface area contributed by atoms with Crippen LogP contribution in [0.1, 0.15) is 94.5 Å². The summed E-state index contributed by atoms with van der Waals surface area (Å²) in [5.74, 6) is 3.33. The molecule has 4 heterocycles. The molecule has 1 spiro atoms. The van der Waals surface area contributed by atoms with Crippen molar-refractivity contribution in [3.05, 3.63) is 298 Å². The Bertz CT molecular complexity index is 3990. The number of anilines is 6. The summed E-state index contributed by atoms with van der Waals surface area (Å²) in [5, 5.41) is 0. The van der Waals surface area contributed by atoms with Gasteiger partial charge >= 0.3 is 0 Å². The Kier molecular flexibility index (Phi) is 11.1. The lowest BCUT2D eigenvalue weighted by Crippen LogP contribution is -2.26. The van der Waals surface area contributed by atoms with E-state index >= 15 is 0 Å². The summed E-state index contributed by atoms with van der Waals surface area (Å²) in [6.45, 7) is 9.41. The Morgan fingerprint density at radius 2 is 0.593 bits per heavy atom. The lowest BCUT2D eigenvalue weighted by atomic mass is 9.75. The summed E-state index contributed by atoms with van der Waals surface area (Å²) < 4.78 is 0. The van der Waals surface area contributed by atoms with Crippen molar-refractivity contribution < 1.29 is 0 Å². The molecule has 4 aliphatic rings. The molecule has 0 fully saturated rings. The van der Waals surface area contributed by atoms with Crippen LogP contribution in [-0.2, 0) is 29.1 Å². The van der Waals surface area contributed by atoms with Crippen molar-refractivity contribution in [2.45, 2.75) is 56.8 Å². The molecule has 0 bridgehead atoms. The predicted octanol–water partition coefficient (Wildman–Crippen LogP) is 18.2. The molecule has 4 aromatic heterocycles. The van der Waals surface area contributed by atoms with Crippen LogP contribution in [0.25, 0.3) is 57.7 Å². The Balaban J connectivity index is 0.713. The third-order valence-corrected chi connectivity index (χ3v) is 17.8. The molecule has 0 saturated heterocycles. The predicted molar refractivity (Wildman–Crippen MR) is 333 cm³/mol. The number of nitrogens with zero attached hydrogens (tertiary/aromatic N) is 6. The summed E-state index contributed by atoms with van der Waals surface area (Å²) in [6.07, 6.45) is 18.5. The van der Waals surface area contributed by atoms with E-state index in [1.54, 1.807) is 0 Å². The van der Waals surface area contributed by atoms with Gasteiger partial charge in [-0.1, -0.05) is 185 Å². The maximum atomic E-state index is 4.74. The zero-order chi connectivity index (χ0) is 54.5. The van der Waals surface area contributed by atoms with E-state index in [0.29, 0.717) is 0 Å². The van der Waals surface area contributed by atoms with Gasteiger partial charge in [0.15, 0.2) is 0 Å². The van der Waals surface area contributed by atoms with Crippen LogP contribution < -0.4 is 9.80 Å². The first-order valence-electron chi connectivity index (χ1n) is 28.2. The van der Waals surface area contributed by atoms with E-state index in [0.717, 1.165) is 47.5 Å². The molecule has 15 rings (SSSR count). The van der Waals surface area contributed by atoms with Crippen LogP contribution in [0.2, 0.25) is 0 Å². The van der Waals surface area contributed by atoms with Gasteiger partial charge in [-0.15, -0.1) is 0 Å². The number of aromatic nitrogens is 4. The second-order valence-corrected chi connectivity index (χ2v) is 23.2. The van der Waals surface area contributed by atoms with Gasteiger partial charge in [0.1, 0.15) is 23.3 Å². The van der Waals surface area contributed by atoms with E-state index in [-0.39, 0.29) is 16.2 Å². The molecule has 11 aromatic rings. The van der Waals surface area contributed by atoms with Gasteiger partial charge in [0.05, 0.1) is 0 Å². The van der Waals surface area contributed by atoms with Gasteiger partial charge in [-0.3, -0.25) is 9.80 Å². The first kappa shape index (κ1) is 48.4. The Morgan fingerprint density at radius 1 is 0.309 bits per heavy atom. The molecule has 0 saturated carbocycles. The van der Waals surface area contributed by atoms with Gasteiger partial charge in [0.25, 0.3) is 0 Å². The lowest BCUT2D eigenvalue weighted by Gasteiger charge is -2.27. The third kappa shape index (κ3) is 7.91. The molecular weight excluding hydrogens is 985 g/mol. The number of benzene rings is 7. The maximum Gasteiger partial charge on any atom is 0.138 e. The molecule has 0 N–H and O–H groups in total. The fourth-order valence-corrected chi connectivity index (χ4v) is 13.8. The van der Waals surface area contributed by atoms with Crippen LogP contribution in [0.15, 0.2) is 231 Å². The Hall–Kier alpha value is -9.78. The molecule has 6 heteroatoms. The second-order valence-electron chi connectivity index (χ2n) is 23.2. The highest BCUT2D eigenvalue weighted by Crippen LogP contribution is 2.57. The van der Waals surface area contributed by atoms with Gasteiger partial charge in [0.2, 0.25) is 0 Å². The Labute approximate surface area is 474 Å². The van der Waals surface area contributed by atoms with Crippen LogP contribution in [0, 0.1) is 0 Å². The molecule has 388 valence electrons. The monoisotopic (exact) mass is 1040 g/mol. The zero-order valence-corrected chi connectivity index (χ0v) is 45.8. The number of hydrogen-bond donors (Lipinski definition) is 0. The van der Waals surface area contributed by atoms with Crippen LogP contribution in [0.3, 0.4) is 0 Å². The van der Waals surface area contributed by atoms with E-state index < -0.39 is 0 Å². The zero-order valence-electron chi connectivity index (χ0n) is 45.8. The minimum Gasteiger partial charge on any atom is -0.279 e. The SMILES string of the molecule is CC1(C)c2cc(/C=C/c3ccc4c(c3)C3(Cc5ccccc5C3)c3cc(/C=C/c5ccc6c(c5)C(C)(C)c5cc(N(c7ccccn7)c7ccccn7)ccc5-6)ccc3-4)ccc2-c2ccc(N(c3ccccn3)c3ccccn3)cc21. The van der Waals surface area contributed by atoms with Crippen LogP contribution in [-0.4, -0.2) is 19.9 Å². The van der Waals surface area contributed by atoms with Crippen LogP contribution >= 0.6 is 0 Å². The van der Waals surface area contributed by atoms with Crippen molar-refractivity contribution in [2.75, 3.05) is 9.80 Å². The van der Waals surface area contributed by atoms with Gasteiger partial charge < -0.3 is 0 Å². The largest absolute Gasteiger partial charge is 0.279 e.